The third-order valence-corrected chi connectivity index (χ3v) is 3.67. The molecular formula is C18H16N2O3. The number of nitrogens with zero attached hydrogens (tertiary/aromatic N) is 1. The van der Waals surface area contributed by atoms with Gasteiger partial charge in [0.2, 0.25) is 0 Å². The van der Waals surface area contributed by atoms with Crippen molar-refractivity contribution in [2.75, 3.05) is 12.0 Å². The van der Waals surface area contributed by atoms with Gasteiger partial charge in [0.1, 0.15) is 11.4 Å². The van der Waals surface area contributed by atoms with Gasteiger partial charge >= 0.3 is 6.03 Å². The lowest BCUT2D eigenvalue weighted by Crippen LogP contribution is -2.30. The number of rotatable bonds is 3. The van der Waals surface area contributed by atoms with Crippen molar-refractivity contribution in [1.82, 2.24) is 5.32 Å². The summed E-state index contributed by atoms with van der Waals surface area (Å²) in [6.07, 6.45) is 1.68. The van der Waals surface area contributed by atoms with Crippen LogP contribution in [0.25, 0.3) is 6.08 Å². The maximum atomic E-state index is 12.5. The van der Waals surface area contributed by atoms with Crippen LogP contribution in [-0.4, -0.2) is 19.0 Å². The van der Waals surface area contributed by atoms with Crippen LogP contribution in [0.5, 0.6) is 5.75 Å². The van der Waals surface area contributed by atoms with Gasteiger partial charge in [0, 0.05) is 0 Å². The summed E-state index contributed by atoms with van der Waals surface area (Å²) in [5, 5.41) is 2.62. The number of anilines is 1. The van der Waals surface area contributed by atoms with Gasteiger partial charge in [-0.05, 0) is 48.4 Å². The Morgan fingerprint density at radius 3 is 2.48 bits per heavy atom. The average Bonchev–Trinajstić information content (AvgIpc) is 2.84. The Morgan fingerprint density at radius 1 is 1.09 bits per heavy atom. The Hall–Kier alpha value is -3.08. The fourth-order valence-corrected chi connectivity index (χ4v) is 2.44. The number of amides is 3. The van der Waals surface area contributed by atoms with Gasteiger partial charge in [-0.1, -0.05) is 24.3 Å². The molecule has 0 aliphatic carbocycles. The molecule has 0 bridgehead atoms. The van der Waals surface area contributed by atoms with E-state index in [1.54, 1.807) is 37.5 Å². The molecular weight excluding hydrogens is 292 g/mol. The lowest BCUT2D eigenvalue weighted by Gasteiger charge is -2.11. The van der Waals surface area contributed by atoms with E-state index in [4.69, 9.17) is 4.74 Å². The van der Waals surface area contributed by atoms with Crippen LogP contribution in [0, 0.1) is 6.92 Å². The molecule has 23 heavy (non-hydrogen) atoms. The topological polar surface area (TPSA) is 58.6 Å². The number of nitrogens with one attached hydrogen (secondary N) is 1. The predicted molar refractivity (Wildman–Crippen MR) is 88.2 cm³/mol. The fraction of sp³-hybridized carbons (Fsp3) is 0.111. The summed E-state index contributed by atoms with van der Waals surface area (Å²) < 4.78 is 5.17. The maximum absolute atomic E-state index is 12.5. The summed E-state index contributed by atoms with van der Waals surface area (Å²) in [6.45, 7) is 1.92. The standard InChI is InChI=1S/C18H16N2O3/c1-12-10-15(23-2)9-8-13(12)11-16-17(21)20(18(22)19-16)14-6-4-3-5-7-14/h3-11H,1-2H3,(H,19,22)/b16-11+. The number of carbonyl (C=O) groups excluding carboxylic acids is 2. The highest BCUT2D eigenvalue weighted by Crippen LogP contribution is 2.24. The van der Waals surface area contributed by atoms with Crippen LogP contribution in [0.15, 0.2) is 54.2 Å². The SMILES string of the molecule is COc1ccc(/C=C2/NC(=O)N(c3ccccc3)C2=O)c(C)c1. The highest BCUT2D eigenvalue weighted by atomic mass is 16.5. The number of urea groups is 1. The van der Waals surface area contributed by atoms with Crippen molar-refractivity contribution in [3.63, 3.8) is 0 Å². The summed E-state index contributed by atoms with van der Waals surface area (Å²) in [5.74, 6) is 0.383. The van der Waals surface area contributed by atoms with Crippen LogP contribution in [0.4, 0.5) is 10.5 Å². The van der Waals surface area contributed by atoms with Crippen LogP contribution in [0.1, 0.15) is 11.1 Å². The lowest BCUT2D eigenvalue weighted by molar-refractivity contribution is -0.113. The van der Waals surface area contributed by atoms with Crippen molar-refractivity contribution >= 4 is 23.7 Å². The lowest BCUT2D eigenvalue weighted by atomic mass is 10.1. The molecule has 0 saturated carbocycles. The van der Waals surface area contributed by atoms with E-state index in [1.807, 2.05) is 31.2 Å². The molecule has 0 atom stereocenters. The second-order valence-corrected chi connectivity index (χ2v) is 5.19. The third kappa shape index (κ3) is 2.81. The first kappa shape index (κ1) is 14.8. The molecule has 2 aromatic carbocycles. The Balaban J connectivity index is 1.93. The molecule has 0 unspecified atom stereocenters. The number of para-hydroxylation sites is 1. The molecule has 1 fully saturated rings. The molecule has 1 aliphatic rings. The smallest absolute Gasteiger partial charge is 0.333 e. The number of imide groups is 1. The number of hydrogen-bond acceptors (Lipinski definition) is 3. The molecule has 0 spiro atoms. The van der Waals surface area contributed by atoms with Gasteiger partial charge in [0.05, 0.1) is 12.8 Å². The summed E-state index contributed by atoms with van der Waals surface area (Å²) in [6, 6.07) is 13.9. The van der Waals surface area contributed by atoms with Crippen LogP contribution in [0.2, 0.25) is 0 Å². The van der Waals surface area contributed by atoms with Crippen LogP contribution < -0.4 is 15.0 Å². The number of methoxy groups -OCH3 is 1. The molecule has 1 aliphatic heterocycles. The van der Waals surface area contributed by atoms with Crippen LogP contribution >= 0.6 is 0 Å². The molecule has 0 aromatic heterocycles. The zero-order valence-corrected chi connectivity index (χ0v) is 12.9. The Bertz CT molecular complexity index is 797. The number of hydrogen-bond donors (Lipinski definition) is 1. The van der Waals surface area contributed by atoms with Gasteiger partial charge in [-0.3, -0.25) is 4.79 Å². The minimum absolute atomic E-state index is 0.257. The second-order valence-electron chi connectivity index (χ2n) is 5.19. The number of benzene rings is 2. The zero-order chi connectivity index (χ0) is 16.4. The summed E-state index contributed by atoms with van der Waals surface area (Å²) in [5.41, 5.74) is 2.61. The van der Waals surface area contributed by atoms with E-state index < -0.39 is 6.03 Å². The van der Waals surface area contributed by atoms with E-state index in [0.717, 1.165) is 21.8 Å². The van der Waals surface area contributed by atoms with Crippen molar-refractivity contribution in [1.29, 1.82) is 0 Å². The second kappa shape index (κ2) is 5.96. The molecule has 3 amide bonds. The first-order valence-electron chi connectivity index (χ1n) is 7.17. The van der Waals surface area contributed by atoms with E-state index in [1.165, 1.54) is 0 Å². The van der Waals surface area contributed by atoms with Crippen molar-refractivity contribution in [3.8, 4) is 5.75 Å². The fourth-order valence-electron chi connectivity index (χ4n) is 2.44. The molecule has 2 aromatic rings. The monoisotopic (exact) mass is 308 g/mol. The Labute approximate surface area is 134 Å². The van der Waals surface area contributed by atoms with Crippen molar-refractivity contribution in [2.45, 2.75) is 6.92 Å². The van der Waals surface area contributed by atoms with Gasteiger partial charge in [-0.2, -0.15) is 0 Å². The van der Waals surface area contributed by atoms with Crippen LogP contribution in [-0.2, 0) is 4.79 Å². The molecule has 5 nitrogen and oxygen atoms in total. The maximum Gasteiger partial charge on any atom is 0.333 e. The van der Waals surface area contributed by atoms with E-state index in [2.05, 4.69) is 5.32 Å². The molecule has 1 heterocycles. The first-order valence-corrected chi connectivity index (χ1v) is 7.17. The Morgan fingerprint density at radius 2 is 1.83 bits per heavy atom. The van der Waals surface area contributed by atoms with Crippen molar-refractivity contribution < 1.29 is 14.3 Å². The largest absolute Gasteiger partial charge is 0.497 e. The van der Waals surface area contributed by atoms with Crippen molar-refractivity contribution in [3.05, 3.63) is 65.4 Å². The normalized spacial score (nSPS) is 15.9. The number of carbonyl (C=O) groups is 2. The third-order valence-electron chi connectivity index (χ3n) is 3.67. The minimum atomic E-state index is -0.446. The molecule has 0 radical (unpaired) electrons. The molecule has 1 saturated heterocycles. The highest BCUT2D eigenvalue weighted by molar-refractivity contribution is 6.28. The number of ether oxygens (including phenoxy) is 1. The van der Waals surface area contributed by atoms with Gasteiger partial charge in [-0.15, -0.1) is 0 Å². The quantitative estimate of drug-likeness (QED) is 0.700. The summed E-state index contributed by atoms with van der Waals surface area (Å²) >= 11 is 0. The van der Waals surface area contributed by atoms with Gasteiger partial charge in [0.15, 0.2) is 0 Å². The van der Waals surface area contributed by atoms with E-state index in [9.17, 15) is 9.59 Å². The van der Waals surface area contributed by atoms with E-state index in [0.29, 0.717) is 5.69 Å². The summed E-state index contributed by atoms with van der Waals surface area (Å²) in [4.78, 5) is 25.7. The van der Waals surface area contributed by atoms with E-state index >= 15 is 0 Å². The van der Waals surface area contributed by atoms with Gasteiger partial charge < -0.3 is 10.1 Å². The van der Waals surface area contributed by atoms with Crippen molar-refractivity contribution in [2.24, 2.45) is 0 Å². The average molecular weight is 308 g/mol. The molecule has 3 rings (SSSR count). The molecule has 116 valence electrons. The minimum Gasteiger partial charge on any atom is -0.497 e. The Kier molecular flexibility index (Phi) is 3.85. The summed E-state index contributed by atoms with van der Waals surface area (Å²) in [7, 11) is 1.60. The molecule has 5 heteroatoms. The van der Waals surface area contributed by atoms with Gasteiger partial charge in [-0.25, -0.2) is 9.69 Å². The first-order chi connectivity index (χ1) is 11.1. The van der Waals surface area contributed by atoms with Gasteiger partial charge in [0.25, 0.3) is 5.91 Å². The molecule has 1 N–H and O–H groups in total. The zero-order valence-electron chi connectivity index (χ0n) is 12.9. The highest BCUT2D eigenvalue weighted by Gasteiger charge is 2.34. The predicted octanol–water partition coefficient (Wildman–Crippen LogP) is 3.10. The van der Waals surface area contributed by atoms with E-state index in [-0.39, 0.29) is 11.6 Å². The number of aryl methyl sites for hydroxylation is 1. The van der Waals surface area contributed by atoms with Crippen LogP contribution in [0.3, 0.4) is 0 Å².